The van der Waals surface area contributed by atoms with Crippen molar-refractivity contribution >= 4 is 5.97 Å². The number of benzene rings is 1. The number of aliphatic hydroxyl groups excluding tert-OH is 1. The van der Waals surface area contributed by atoms with E-state index in [0.717, 1.165) is 43.5 Å². The molecule has 3 N–H and O–H groups in total. The summed E-state index contributed by atoms with van der Waals surface area (Å²) in [5.74, 6) is -0.901. The van der Waals surface area contributed by atoms with Gasteiger partial charge in [0.05, 0.1) is 12.0 Å². The van der Waals surface area contributed by atoms with Crippen molar-refractivity contribution in [2.45, 2.75) is 51.2 Å². The van der Waals surface area contributed by atoms with Gasteiger partial charge in [0.1, 0.15) is 0 Å². The molecule has 0 aromatic heterocycles. The van der Waals surface area contributed by atoms with Gasteiger partial charge in [0, 0.05) is 13.1 Å². The molecule has 1 saturated carbocycles. The number of nitrogens with one attached hydrogen (secondary N) is 1. The molecule has 3 atom stereocenters. The maximum Gasteiger partial charge on any atom is 0.310 e. The zero-order chi connectivity index (χ0) is 15.2. The third-order valence-corrected chi connectivity index (χ3v) is 4.45. The smallest absolute Gasteiger partial charge is 0.310 e. The first-order valence-electron chi connectivity index (χ1n) is 7.78. The third-order valence-electron chi connectivity index (χ3n) is 4.45. The van der Waals surface area contributed by atoms with Crippen LogP contribution in [0.3, 0.4) is 0 Å². The number of carboxylic acid groups (broad SMARTS) is 1. The zero-order valence-electron chi connectivity index (χ0n) is 12.6. The summed E-state index contributed by atoms with van der Waals surface area (Å²) in [6.45, 7) is 3.29. The van der Waals surface area contributed by atoms with Gasteiger partial charge in [-0.25, -0.2) is 0 Å². The van der Waals surface area contributed by atoms with Crippen LogP contribution in [0, 0.1) is 5.92 Å². The number of aliphatic hydroxyl groups is 1. The van der Waals surface area contributed by atoms with E-state index < -0.39 is 11.9 Å². The number of hydrogen-bond acceptors (Lipinski definition) is 3. The standard InChI is InChI=1S/C17H25NO3/c1-12(17(20)21)14-8-6-13(7-9-14)10-18-11-15-4-2-3-5-16(15)19/h6-9,12,15-16,18-19H,2-5,10-11H2,1H3,(H,20,21). The van der Waals surface area contributed by atoms with Crippen LogP contribution in [0.4, 0.5) is 0 Å². The van der Waals surface area contributed by atoms with Crippen molar-refractivity contribution in [1.82, 2.24) is 5.32 Å². The van der Waals surface area contributed by atoms with Crippen LogP contribution in [0.25, 0.3) is 0 Å². The molecular weight excluding hydrogens is 266 g/mol. The lowest BCUT2D eigenvalue weighted by Gasteiger charge is -2.27. The van der Waals surface area contributed by atoms with Crippen LogP contribution in [0.5, 0.6) is 0 Å². The predicted octanol–water partition coefficient (Wildman–Crippen LogP) is 2.52. The molecule has 1 fully saturated rings. The summed E-state index contributed by atoms with van der Waals surface area (Å²) in [7, 11) is 0. The van der Waals surface area contributed by atoms with Crippen molar-refractivity contribution < 1.29 is 15.0 Å². The van der Waals surface area contributed by atoms with Crippen LogP contribution in [0.15, 0.2) is 24.3 Å². The summed E-state index contributed by atoms with van der Waals surface area (Å²) in [5, 5.41) is 22.3. The van der Waals surface area contributed by atoms with Gasteiger partial charge in [-0.2, -0.15) is 0 Å². The Labute approximate surface area is 126 Å². The topological polar surface area (TPSA) is 69.6 Å². The first kappa shape index (κ1) is 16.0. The van der Waals surface area contributed by atoms with Gasteiger partial charge in [-0.3, -0.25) is 4.79 Å². The molecule has 2 rings (SSSR count). The van der Waals surface area contributed by atoms with E-state index in [1.54, 1.807) is 6.92 Å². The average molecular weight is 291 g/mol. The molecule has 116 valence electrons. The quantitative estimate of drug-likeness (QED) is 0.753. The molecule has 0 saturated heterocycles. The minimum Gasteiger partial charge on any atom is -0.481 e. The fourth-order valence-electron chi connectivity index (χ4n) is 2.89. The molecule has 0 bridgehead atoms. The second kappa shape index (κ2) is 7.57. The molecule has 0 radical (unpaired) electrons. The minimum absolute atomic E-state index is 0.162. The second-order valence-corrected chi connectivity index (χ2v) is 6.04. The van der Waals surface area contributed by atoms with Crippen molar-refractivity contribution in [3.8, 4) is 0 Å². The molecule has 1 aromatic carbocycles. The van der Waals surface area contributed by atoms with E-state index in [9.17, 15) is 9.90 Å². The summed E-state index contributed by atoms with van der Waals surface area (Å²) >= 11 is 0. The number of carbonyl (C=O) groups is 1. The van der Waals surface area contributed by atoms with Crippen LogP contribution in [0.1, 0.15) is 49.7 Å². The van der Waals surface area contributed by atoms with Crippen LogP contribution in [0.2, 0.25) is 0 Å². The molecule has 0 amide bonds. The van der Waals surface area contributed by atoms with Crippen molar-refractivity contribution in [3.63, 3.8) is 0 Å². The Morgan fingerprint density at radius 1 is 1.29 bits per heavy atom. The predicted molar refractivity (Wildman–Crippen MR) is 82.2 cm³/mol. The summed E-state index contributed by atoms with van der Waals surface area (Å²) < 4.78 is 0. The fourth-order valence-corrected chi connectivity index (χ4v) is 2.89. The Bertz CT molecular complexity index is 458. The summed E-state index contributed by atoms with van der Waals surface area (Å²) in [6.07, 6.45) is 4.22. The Balaban J connectivity index is 1.79. The molecule has 1 aliphatic rings. The van der Waals surface area contributed by atoms with Gasteiger partial charge in [0.25, 0.3) is 0 Å². The van der Waals surface area contributed by atoms with E-state index in [1.165, 1.54) is 6.42 Å². The molecule has 0 aliphatic heterocycles. The number of carboxylic acids is 1. The number of hydrogen-bond donors (Lipinski definition) is 3. The van der Waals surface area contributed by atoms with Gasteiger partial charge in [0.15, 0.2) is 0 Å². The van der Waals surface area contributed by atoms with Crippen molar-refractivity contribution in [2.24, 2.45) is 5.92 Å². The molecule has 0 heterocycles. The summed E-state index contributed by atoms with van der Waals surface area (Å²) in [6, 6.07) is 7.70. The number of aliphatic carboxylic acids is 1. The molecule has 1 aliphatic carbocycles. The van der Waals surface area contributed by atoms with Crippen LogP contribution < -0.4 is 5.32 Å². The first-order chi connectivity index (χ1) is 10.1. The van der Waals surface area contributed by atoms with Gasteiger partial charge >= 0.3 is 5.97 Å². The second-order valence-electron chi connectivity index (χ2n) is 6.04. The Hall–Kier alpha value is -1.39. The highest BCUT2D eigenvalue weighted by molar-refractivity contribution is 5.75. The summed E-state index contributed by atoms with van der Waals surface area (Å²) in [4.78, 5) is 10.9. The van der Waals surface area contributed by atoms with E-state index in [4.69, 9.17) is 5.11 Å². The molecule has 4 nitrogen and oxygen atoms in total. The van der Waals surface area contributed by atoms with Gasteiger partial charge in [-0.05, 0) is 36.8 Å². The minimum atomic E-state index is -0.799. The maximum atomic E-state index is 10.9. The normalized spacial score (nSPS) is 23.7. The molecule has 0 spiro atoms. The third kappa shape index (κ3) is 4.55. The highest BCUT2D eigenvalue weighted by atomic mass is 16.4. The van der Waals surface area contributed by atoms with Crippen LogP contribution >= 0.6 is 0 Å². The fraction of sp³-hybridized carbons (Fsp3) is 0.588. The van der Waals surface area contributed by atoms with Crippen molar-refractivity contribution in [1.29, 1.82) is 0 Å². The van der Waals surface area contributed by atoms with Crippen LogP contribution in [-0.4, -0.2) is 28.8 Å². The van der Waals surface area contributed by atoms with Crippen molar-refractivity contribution in [2.75, 3.05) is 6.54 Å². The van der Waals surface area contributed by atoms with Gasteiger partial charge in [0.2, 0.25) is 0 Å². The first-order valence-corrected chi connectivity index (χ1v) is 7.78. The molecule has 21 heavy (non-hydrogen) atoms. The number of rotatable bonds is 6. The van der Waals surface area contributed by atoms with E-state index in [-0.39, 0.29) is 6.10 Å². The Kier molecular flexibility index (Phi) is 5.76. The van der Waals surface area contributed by atoms with E-state index in [1.807, 2.05) is 24.3 Å². The Morgan fingerprint density at radius 2 is 1.95 bits per heavy atom. The average Bonchev–Trinajstić information content (AvgIpc) is 2.49. The van der Waals surface area contributed by atoms with Gasteiger partial charge in [-0.1, -0.05) is 37.1 Å². The molecule has 3 unspecified atom stereocenters. The van der Waals surface area contributed by atoms with E-state index in [0.29, 0.717) is 5.92 Å². The SMILES string of the molecule is CC(C(=O)O)c1ccc(CNCC2CCCCC2O)cc1. The largest absolute Gasteiger partial charge is 0.481 e. The monoisotopic (exact) mass is 291 g/mol. The van der Waals surface area contributed by atoms with E-state index in [2.05, 4.69) is 5.32 Å². The van der Waals surface area contributed by atoms with E-state index >= 15 is 0 Å². The highest BCUT2D eigenvalue weighted by Gasteiger charge is 2.22. The highest BCUT2D eigenvalue weighted by Crippen LogP contribution is 2.23. The lowest BCUT2D eigenvalue weighted by Crippen LogP contribution is -2.33. The molecule has 4 heteroatoms. The van der Waals surface area contributed by atoms with Crippen LogP contribution in [-0.2, 0) is 11.3 Å². The molecular formula is C17H25NO3. The lowest BCUT2D eigenvalue weighted by atomic mass is 9.86. The Morgan fingerprint density at radius 3 is 2.57 bits per heavy atom. The van der Waals surface area contributed by atoms with Gasteiger partial charge in [-0.15, -0.1) is 0 Å². The summed E-state index contributed by atoms with van der Waals surface area (Å²) in [5.41, 5.74) is 1.97. The molecule has 1 aromatic rings. The lowest BCUT2D eigenvalue weighted by molar-refractivity contribution is -0.138. The van der Waals surface area contributed by atoms with Gasteiger partial charge < -0.3 is 15.5 Å². The zero-order valence-corrected chi connectivity index (χ0v) is 12.6. The maximum absolute atomic E-state index is 10.9. The van der Waals surface area contributed by atoms with Crippen molar-refractivity contribution in [3.05, 3.63) is 35.4 Å².